The first-order valence-electron chi connectivity index (χ1n) is 6.76. The number of rotatable bonds is 3. The number of carbonyl (C=O) groups is 1. The van der Waals surface area contributed by atoms with Gasteiger partial charge in [-0.2, -0.15) is 0 Å². The van der Waals surface area contributed by atoms with Gasteiger partial charge in [0.1, 0.15) is 0 Å². The normalized spacial score (nSPS) is 28.3. The first-order chi connectivity index (χ1) is 8.33. The van der Waals surface area contributed by atoms with Crippen LogP contribution in [0.3, 0.4) is 0 Å². The minimum absolute atomic E-state index is 0.233. The van der Waals surface area contributed by atoms with E-state index in [9.17, 15) is 4.79 Å². The van der Waals surface area contributed by atoms with E-state index in [1.165, 1.54) is 38.5 Å². The standard InChI is InChI=1S/C14H22N2O/c1-2-9-15-11-14(17)16-10-5-7-12-6-3-4-8-13(12)16/h1,12-13,15H,3-11H2/t12-,13-/m1/s1. The zero-order valence-corrected chi connectivity index (χ0v) is 10.5. The van der Waals surface area contributed by atoms with Crippen LogP contribution in [0.15, 0.2) is 0 Å². The Morgan fingerprint density at radius 2 is 2.06 bits per heavy atom. The van der Waals surface area contributed by atoms with E-state index < -0.39 is 0 Å². The second kappa shape index (κ2) is 6.07. The van der Waals surface area contributed by atoms with E-state index in [-0.39, 0.29) is 5.91 Å². The highest BCUT2D eigenvalue weighted by Crippen LogP contribution is 2.35. The predicted molar refractivity (Wildman–Crippen MR) is 68.4 cm³/mol. The Labute approximate surface area is 104 Å². The first kappa shape index (κ1) is 12.4. The van der Waals surface area contributed by atoms with E-state index in [0.717, 1.165) is 12.5 Å². The molecule has 1 aliphatic carbocycles. The fraction of sp³-hybridized carbons (Fsp3) is 0.786. The van der Waals surface area contributed by atoms with Crippen molar-refractivity contribution < 1.29 is 4.79 Å². The molecule has 1 N–H and O–H groups in total. The van der Waals surface area contributed by atoms with Crippen LogP contribution in [0.4, 0.5) is 0 Å². The van der Waals surface area contributed by atoms with Crippen LogP contribution < -0.4 is 5.32 Å². The molecule has 0 aromatic rings. The van der Waals surface area contributed by atoms with Gasteiger partial charge in [-0.15, -0.1) is 6.42 Å². The van der Waals surface area contributed by atoms with Crippen molar-refractivity contribution >= 4 is 5.91 Å². The molecule has 2 rings (SSSR count). The van der Waals surface area contributed by atoms with Gasteiger partial charge in [-0.3, -0.25) is 10.1 Å². The minimum Gasteiger partial charge on any atom is -0.338 e. The van der Waals surface area contributed by atoms with Gasteiger partial charge in [-0.25, -0.2) is 0 Å². The number of piperidine rings is 1. The maximum atomic E-state index is 12.1. The molecular formula is C14H22N2O. The fourth-order valence-corrected chi connectivity index (χ4v) is 3.28. The van der Waals surface area contributed by atoms with Gasteiger partial charge < -0.3 is 4.90 Å². The lowest BCUT2D eigenvalue weighted by molar-refractivity contribution is -0.136. The highest BCUT2D eigenvalue weighted by atomic mass is 16.2. The van der Waals surface area contributed by atoms with Crippen molar-refractivity contribution in [3.63, 3.8) is 0 Å². The predicted octanol–water partition coefficient (Wildman–Crippen LogP) is 1.39. The van der Waals surface area contributed by atoms with Gasteiger partial charge in [0.25, 0.3) is 0 Å². The molecular weight excluding hydrogens is 212 g/mol. The Bertz CT molecular complexity index is 306. The summed E-state index contributed by atoms with van der Waals surface area (Å²) in [6.45, 7) is 1.82. The number of hydrogen-bond acceptors (Lipinski definition) is 2. The Morgan fingerprint density at radius 1 is 1.29 bits per heavy atom. The molecule has 2 fully saturated rings. The first-order valence-corrected chi connectivity index (χ1v) is 6.76. The van der Waals surface area contributed by atoms with Crippen LogP contribution >= 0.6 is 0 Å². The maximum Gasteiger partial charge on any atom is 0.236 e. The third-order valence-electron chi connectivity index (χ3n) is 4.07. The summed E-state index contributed by atoms with van der Waals surface area (Å²) < 4.78 is 0. The van der Waals surface area contributed by atoms with E-state index in [2.05, 4.69) is 16.1 Å². The van der Waals surface area contributed by atoms with E-state index in [1.807, 2.05) is 0 Å². The van der Waals surface area contributed by atoms with E-state index >= 15 is 0 Å². The number of carbonyl (C=O) groups excluding carboxylic acids is 1. The molecule has 0 aromatic carbocycles. The lowest BCUT2D eigenvalue weighted by atomic mass is 9.78. The number of fused-ring (bicyclic) bond motifs is 1. The van der Waals surface area contributed by atoms with Gasteiger partial charge in [0.15, 0.2) is 0 Å². The molecule has 3 heteroatoms. The lowest BCUT2D eigenvalue weighted by Gasteiger charge is -2.44. The Hall–Kier alpha value is -1.01. The van der Waals surface area contributed by atoms with Gasteiger partial charge >= 0.3 is 0 Å². The molecule has 1 heterocycles. The average Bonchev–Trinajstić information content (AvgIpc) is 2.38. The van der Waals surface area contributed by atoms with Crippen molar-refractivity contribution in [1.29, 1.82) is 0 Å². The van der Waals surface area contributed by atoms with Crippen LogP contribution in [0.5, 0.6) is 0 Å². The van der Waals surface area contributed by atoms with Crippen molar-refractivity contribution in [3.8, 4) is 12.3 Å². The smallest absolute Gasteiger partial charge is 0.236 e. The van der Waals surface area contributed by atoms with Gasteiger partial charge in [0.2, 0.25) is 5.91 Å². The molecule has 1 saturated carbocycles. The molecule has 0 bridgehead atoms. The zero-order valence-electron chi connectivity index (χ0n) is 10.5. The second-order valence-corrected chi connectivity index (χ2v) is 5.15. The number of nitrogens with one attached hydrogen (secondary N) is 1. The topological polar surface area (TPSA) is 32.3 Å². The summed E-state index contributed by atoms with van der Waals surface area (Å²) in [5.74, 6) is 3.49. The number of hydrogen-bond donors (Lipinski definition) is 1. The largest absolute Gasteiger partial charge is 0.338 e. The van der Waals surface area contributed by atoms with Crippen molar-refractivity contribution in [2.45, 2.75) is 44.6 Å². The molecule has 0 radical (unpaired) electrons. The molecule has 2 aliphatic rings. The molecule has 1 saturated heterocycles. The molecule has 1 aliphatic heterocycles. The van der Waals surface area contributed by atoms with Gasteiger partial charge in [0.05, 0.1) is 13.1 Å². The molecule has 94 valence electrons. The summed E-state index contributed by atoms with van der Waals surface area (Å²) in [6.07, 6.45) is 12.8. The average molecular weight is 234 g/mol. The Balaban J connectivity index is 1.89. The lowest BCUT2D eigenvalue weighted by Crippen LogP contribution is -2.52. The van der Waals surface area contributed by atoms with Crippen LogP contribution in [-0.4, -0.2) is 36.5 Å². The number of likely N-dealkylation sites (tertiary alicyclic amines) is 1. The second-order valence-electron chi connectivity index (χ2n) is 5.15. The number of nitrogens with zero attached hydrogens (tertiary/aromatic N) is 1. The van der Waals surface area contributed by atoms with Crippen molar-refractivity contribution in [1.82, 2.24) is 10.2 Å². The summed E-state index contributed by atoms with van der Waals surface area (Å²) in [5.41, 5.74) is 0. The minimum atomic E-state index is 0.233. The SMILES string of the molecule is C#CCNCC(=O)N1CCC[C@H]2CCCC[C@H]21. The van der Waals surface area contributed by atoms with Crippen LogP contribution in [0.1, 0.15) is 38.5 Å². The summed E-state index contributed by atoms with van der Waals surface area (Å²) in [5, 5.41) is 3.00. The van der Waals surface area contributed by atoms with Crippen LogP contribution in [0.2, 0.25) is 0 Å². The van der Waals surface area contributed by atoms with Crippen molar-refractivity contribution in [2.75, 3.05) is 19.6 Å². The fourth-order valence-electron chi connectivity index (χ4n) is 3.28. The monoisotopic (exact) mass is 234 g/mol. The summed E-state index contributed by atoms with van der Waals surface area (Å²) in [7, 11) is 0. The Kier molecular flexibility index (Phi) is 4.44. The van der Waals surface area contributed by atoms with Crippen molar-refractivity contribution in [2.24, 2.45) is 5.92 Å². The molecule has 0 aromatic heterocycles. The zero-order chi connectivity index (χ0) is 12.1. The van der Waals surface area contributed by atoms with Gasteiger partial charge in [-0.1, -0.05) is 18.8 Å². The summed E-state index contributed by atoms with van der Waals surface area (Å²) in [6, 6.07) is 0.512. The molecule has 3 nitrogen and oxygen atoms in total. The molecule has 2 atom stereocenters. The van der Waals surface area contributed by atoms with Crippen LogP contribution in [0.25, 0.3) is 0 Å². The molecule has 1 amide bonds. The summed E-state index contributed by atoms with van der Waals surface area (Å²) >= 11 is 0. The van der Waals surface area contributed by atoms with Crippen LogP contribution in [0, 0.1) is 18.3 Å². The van der Waals surface area contributed by atoms with E-state index in [1.54, 1.807) is 0 Å². The summed E-state index contributed by atoms with van der Waals surface area (Å²) in [4.78, 5) is 14.2. The third kappa shape index (κ3) is 3.01. The number of amides is 1. The Morgan fingerprint density at radius 3 is 2.88 bits per heavy atom. The molecule has 17 heavy (non-hydrogen) atoms. The van der Waals surface area contributed by atoms with Gasteiger partial charge in [0, 0.05) is 12.6 Å². The van der Waals surface area contributed by atoms with E-state index in [4.69, 9.17) is 6.42 Å². The molecule has 0 spiro atoms. The van der Waals surface area contributed by atoms with E-state index in [0.29, 0.717) is 19.1 Å². The highest BCUT2D eigenvalue weighted by Gasteiger charge is 2.35. The highest BCUT2D eigenvalue weighted by molar-refractivity contribution is 5.78. The quantitative estimate of drug-likeness (QED) is 0.591. The third-order valence-corrected chi connectivity index (χ3v) is 4.07. The van der Waals surface area contributed by atoms with Crippen molar-refractivity contribution in [3.05, 3.63) is 0 Å². The number of terminal acetylenes is 1. The molecule has 0 unspecified atom stereocenters. The van der Waals surface area contributed by atoms with Crippen LogP contribution in [-0.2, 0) is 4.79 Å². The van der Waals surface area contributed by atoms with Gasteiger partial charge in [-0.05, 0) is 31.6 Å². The maximum absolute atomic E-state index is 12.1.